The molecule has 0 spiro atoms. The number of nitrogens with zero attached hydrogens (tertiary/aromatic N) is 2. The van der Waals surface area contributed by atoms with Crippen molar-refractivity contribution in [1.82, 2.24) is 15.5 Å². The number of thiophene rings is 1. The fraction of sp³-hybridized carbons (Fsp3) is 0.450. The monoisotopic (exact) mass is 390 g/mol. The molecule has 2 aromatic rings. The maximum absolute atomic E-state index is 5.93. The molecule has 26 heavy (non-hydrogen) atoms. The Morgan fingerprint density at radius 2 is 2.12 bits per heavy atom. The summed E-state index contributed by atoms with van der Waals surface area (Å²) in [6.07, 6.45) is 2.55. The second-order valence-electron chi connectivity index (χ2n) is 6.76. The smallest absolute Gasteiger partial charge is 0.191 e. The van der Waals surface area contributed by atoms with Crippen LogP contribution in [-0.2, 0) is 13.1 Å². The highest BCUT2D eigenvalue weighted by Gasteiger charge is 2.20. The van der Waals surface area contributed by atoms with Gasteiger partial charge in [0.15, 0.2) is 5.96 Å². The van der Waals surface area contributed by atoms with E-state index < -0.39 is 0 Å². The average molecular weight is 391 g/mol. The Kier molecular flexibility index (Phi) is 7.35. The van der Waals surface area contributed by atoms with Crippen molar-refractivity contribution in [1.29, 1.82) is 0 Å². The summed E-state index contributed by atoms with van der Waals surface area (Å²) in [7, 11) is 1.82. The molecule has 1 aliphatic heterocycles. The number of benzene rings is 1. The molecular weight excluding hydrogens is 364 g/mol. The fourth-order valence-corrected chi connectivity index (χ4v) is 4.21. The zero-order valence-corrected chi connectivity index (χ0v) is 16.8. The standard InChI is InChI=1S/C20H27ClN4S/c1-22-20(23-12-16-6-8-18(21)9-7-16)24-13-17-4-2-10-25(14-17)15-19-5-3-11-26-19/h3,5-9,11,17H,2,4,10,12-15H2,1H3,(H2,22,23,24). The zero-order chi connectivity index (χ0) is 18.2. The van der Waals surface area contributed by atoms with Crippen LogP contribution in [0.15, 0.2) is 46.8 Å². The van der Waals surface area contributed by atoms with Crippen LogP contribution in [0.25, 0.3) is 0 Å². The van der Waals surface area contributed by atoms with Crippen LogP contribution in [0.4, 0.5) is 0 Å². The summed E-state index contributed by atoms with van der Waals surface area (Å²) in [6, 6.07) is 12.3. The summed E-state index contributed by atoms with van der Waals surface area (Å²) >= 11 is 7.78. The molecule has 3 rings (SSSR count). The van der Waals surface area contributed by atoms with Gasteiger partial charge in [-0.3, -0.25) is 9.89 Å². The summed E-state index contributed by atoms with van der Waals surface area (Å²) < 4.78 is 0. The molecule has 6 heteroatoms. The van der Waals surface area contributed by atoms with Gasteiger partial charge >= 0.3 is 0 Å². The van der Waals surface area contributed by atoms with Crippen LogP contribution >= 0.6 is 22.9 Å². The van der Waals surface area contributed by atoms with Gasteiger partial charge < -0.3 is 10.6 Å². The second kappa shape index (κ2) is 9.95. The van der Waals surface area contributed by atoms with Crippen LogP contribution in [0.2, 0.25) is 5.02 Å². The molecular formula is C20H27ClN4S. The SMILES string of the molecule is CN=C(NCc1ccc(Cl)cc1)NCC1CCCN(Cc2cccs2)C1. The number of piperidine rings is 1. The lowest BCUT2D eigenvalue weighted by Gasteiger charge is -2.32. The lowest BCUT2D eigenvalue weighted by molar-refractivity contribution is 0.169. The van der Waals surface area contributed by atoms with Crippen molar-refractivity contribution in [2.45, 2.75) is 25.9 Å². The molecule has 4 nitrogen and oxygen atoms in total. The Hall–Kier alpha value is -1.56. The van der Waals surface area contributed by atoms with E-state index in [9.17, 15) is 0 Å². The van der Waals surface area contributed by atoms with E-state index in [4.69, 9.17) is 11.6 Å². The Balaban J connectivity index is 1.42. The van der Waals surface area contributed by atoms with E-state index in [0.29, 0.717) is 5.92 Å². The van der Waals surface area contributed by atoms with Crippen molar-refractivity contribution < 1.29 is 0 Å². The topological polar surface area (TPSA) is 39.7 Å². The Morgan fingerprint density at radius 3 is 2.85 bits per heavy atom. The molecule has 1 aliphatic rings. The highest BCUT2D eigenvalue weighted by Crippen LogP contribution is 2.20. The Morgan fingerprint density at radius 1 is 1.27 bits per heavy atom. The van der Waals surface area contributed by atoms with Crippen LogP contribution in [0, 0.1) is 5.92 Å². The molecule has 2 N–H and O–H groups in total. The first kappa shape index (κ1) is 19.2. The molecule has 1 aromatic heterocycles. The molecule has 0 aliphatic carbocycles. The van der Waals surface area contributed by atoms with E-state index in [1.807, 2.05) is 42.6 Å². The lowest BCUT2D eigenvalue weighted by atomic mass is 9.98. The number of guanidine groups is 1. The van der Waals surface area contributed by atoms with E-state index in [1.54, 1.807) is 0 Å². The van der Waals surface area contributed by atoms with Crippen LogP contribution in [0.1, 0.15) is 23.3 Å². The van der Waals surface area contributed by atoms with Gasteiger partial charge in [0.2, 0.25) is 0 Å². The lowest BCUT2D eigenvalue weighted by Crippen LogP contribution is -2.44. The average Bonchev–Trinajstić information content (AvgIpc) is 3.16. The largest absolute Gasteiger partial charge is 0.356 e. The van der Waals surface area contributed by atoms with Crippen molar-refractivity contribution in [2.24, 2.45) is 10.9 Å². The summed E-state index contributed by atoms with van der Waals surface area (Å²) in [6.45, 7) is 5.14. The van der Waals surface area contributed by atoms with Gasteiger partial charge in [-0.05, 0) is 54.4 Å². The summed E-state index contributed by atoms with van der Waals surface area (Å²) in [4.78, 5) is 8.37. The number of hydrogen-bond donors (Lipinski definition) is 2. The van der Waals surface area contributed by atoms with E-state index >= 15 is 0 Å². The van der Waals surface area contributed by atoms with Gasteiger partial charge in [0.1, 0.15) is 0 Å². The molecule has 0 amide bonds. The minimum absolute atomic E-state index is 0.665. The molecule has 1 saturated heterocycles. The predicted octanol–water partition coefficient (Wildman–Crippen LogP) is 3.98. The van der Waals surface area contributed by atoms with Crippen molar-refractivity contribution in [3.8, 4) is 0 Å². The molecule has 1 aromatic carbocycles. The molecule has 0 saturated carbocycles. The van der Waals surface area contributed by atoms with E-state index in [-0.39, 0.29) is 0 Å². The molecule has 140 valence electrons. The fourth-order valence-electron chi connectivity index (χ4n) is 3.33. The van der Waals surface area contributed by atoms with Gasteiger partial charge in [0, 0.05) is 43.1 Å². The van der Waals surface area contributed by atoms with Crippen molar-refractivity contribution in [2.75, 3.05) is 26.7 Å². The number of aliphatic imine (C=N–C) groups is 1. The maximum Gasteiger partial charge on any atom is 0.191 e. The summed E-state index contributed by atoms with van der Waals surface area (Å²) in [5.41, 5.74) is 1.19. The minimum atomic E-state index is 0.665. The Labute approximate surface area is 165 Å². The van der Waals surface area contributed by atoms with Gasteiger partial charge in [0.05, 0.1) is 0 Å². The van der Waals surface area contributed by atoms with E-state index in [1.165, 1.54) is 29.8 Å². The molecule has 0 bridgehead atoms. The first-order valence-corrected chi connectivity index (χ1v) is 10.4. The third-order valence-corrected chi connectivity index (χ3v) is 5.83. The highest BCUT2D eigenvalue weighted by molar-refractivity contribution is 7.09. The maximum atomic E-state index is 5.93. The number of rotatable bonds is 6. The number of hydrogen-bond acceptors (Lipinski definition) is 3. The van der Waals surface area contributed by atoms with Crippen LogP contribution in [0.5, 0.6) is 0 Å². The normalized spacial score (nSPS) is 18.7. The third kappa shape index (κ3) is 6.01. The highest BCUT2D eigenvalue weighted by atomic mass is 35.5. The van der Waals surface area contributed by atoms with Gasteiger partial charge in [-0.15, -0.1) is 11.3 Å². The molecule has 2 heterocycles. The summed E-state index contributed by atoms with van der Waals surface area (Å²) in [5, 5.41) is 9.79. The third-order valence-electron chi connectivity index (χ3n) is 4.72. The van der Waals surface area contributed by atoms with Gasteiger partial charge in [-0.2, -0.15) is 0 Å². The minimum Gasteiger partial charge on any atom is -0.356 e. The van der Waals surface area contributed by atoms with Crippen LogP contribution in [-0.4, -0.2) is 37.5 Å². The van der Waals surface area contributed by atoms with Crippen molar-refractivity contribution >= 4 is 28.9 Å². The quantitative estimate of drug-likeness (QED) is 0.579. The summed E-state index contributed by atoms with van der Waals surface area (Å²) in [5.74, 6) is 1.52. The van der Waals surface area contributed by atoms with E-state index in [2.05, 4.69) is 38.0 Å². The van der Waals surface area contributed by atoms with Gasteiger partial charge in [0.25, 0.3) is 0 Å². The predicted molar refractivity (Wildman–Crippen MR) is 112 cm³/mol. The number of nitrogens with one attached hydrogen (secondary N) is 2. The first-order valence-electron chi connectivity index (χ1n) is 9.16. The van der Waals surface area contributed by atoms with Crippen molar-refractivity contribution in [3.63, 3.8) is 0 Å². The van der Waals surface area contributed by atoms with Crippen LogP contribution in [0.3, 0.4) is 0 Å². The van der Waals surface area contributed by atoms with Crippen LogP contribution < -0.4 is 10.6 Å². The molecule has 1 atom stereocenters. The molecule has 1 unspecified atom stereocenters. The Bertz CT molecular complexity index is 684. The van der Waals surface area contributed by atoms with Gasteiger partial charge in [-0.1, -0.05) is 29.8 Å². The van der Waals surface area contributed by atoms with E-state index in [0.717, 1.165) is 37.2 Å². The molecule has 0 radical (unpaired) electrons. The number of halogens is 1. The molecule has 1 fully saturated rings. The first-order chi connectivity index (χ1) is 12.7. The van der Waals surface area contributed by atoms with Gasteiger partial charge in [-0.25, -0.2) is 0 Å². The zero-order valence-electron chi connectivity index (χ0n) is 15.2. The number of likely N-dealkylation sites (tertiary alicyclic amines) is 1. The van der Waals surface area contributed by atoms with Crippen molar-refractivity contribution in [3.05, 3.63) is 57.2 Å². The second-order valence-corrected chi connectivity index (χ2v) is 8.22.